The molecule has 1 aromatic rings. The van der Waals surface area contributed by atoms with Gasteiger partial charge in [0.05, 0.1) is 6.61 Å². The first-order valence-electron chi connectivity index (χ1n) is 8.37. The van der Waals surface area contributed by atoms with Crippen LogP contribution < -0.4 is 10.5 Å². The molecule has 0 radical (unpaired) electrons. The maximum atomic E-state index is 10.7. The quantitative estimate of drug-likeness (QED) is 0.564. The molecule has 0 fully saturated rings. The molecule has 0 aliphatic carbocycles. The van der Waals surface area contributed by atoms with Crippen molar-refractivity contribution in [2.75, 3.05) is 6.61 Å². The minimum atomic E-state index is -0.766. The van der Waals surface area contributed by atoms with Gasteiger partial charge in [-0.2, -0.15) is 0 Å². The average Bonchev–Trinajstić information content (AvgIpc) is 2.52. The van der Waals surface area contributed by atoms with Gasteiger partial charge in [0.1, 0.15) is 12.4 Å². The Morgan fingerprint density at radius 1 is 1.00 bits per heavy atom. The number of hydrogen-bond acceptors (Lipinski definition) is 3. The minimum Gasteiger partial charge on any atom is -0.493 e. The number of amides is 1. The van der Waals surface area contributed by atoms with Crippen LogP contribution >= 0.6 is 0 Å². The van der Waals surface area contributed by atoms with Crippen LogP contribution in [0.1, 0.15) is 63.9 Å². The van der Waals surface area contributed by atoms with Gasteiger partial charge >= 0.3 is 6.09 Å². The van der Waals surface area contributed by atoms with E-state index in [4.69, 9.17) is 15.2 Å². The molecule has 0 aliphatic heterocycles. The summed E-state index contributed by atoms with van der Waals surface area (Å²) in [6, 6.07) is 7.58. The average molecular weight is 307 g/mol. The molecular weight excluding hydrogens is 278 g/mol. The van der Waals surface area contributed by atoms with Crippen molar-refractivity contribution in [3.63, 3.8) is 0 Å². The number of nitrogens with two attached hydrogens (primary N) is 1. The van der Waals surface area contributed by atoms with E-state index in [1.807, 2.05) is 24.3 Å². The SMILES string of the molecule is CCCCCCCCCCOc1ccccc1COC(N)=O. The van der Waals surface area contributed by atoms with Crippen molar-refractivity contribution >= 4 is 6.09 Å². The Balaban J connectivity index is 2.15. The fourth-order valence-electron chi connectivity index (χ4n) is 2.33. The lowest BCUT2D eigenvalue weighted by Gasteiger charge is -2.11. The summed E-state index contributed by atoms with van der Waals surface area (Å²) in [5, 5.41) is 0. The van der Waals surface area contributed by atoms with E-state index in [-0.39, 0.29) is 6.61 Å². The van der Waals surface area contributed by atoms with Gasteiger partial charge in [-0.25, -0.2) is 4.79 Å². The van der Waals surface area contributed by atoms with Crippen molar-refractivity contribution in [3.8, 4) is 5.75 Å². The van der Waals surface area contributed by atoms with Gasteiger partial charge in [0.2, 0.25) is 0 Å². The van der Waals surface area contributed by atoms with Crippen molar-refractivity contribution < 1.29 is 14.3 Å². The zero-order valence-corrected chi connectivity index (χ0v) is 13.7. The van der Waals surface area contributed by atoms with Gasteiger partial charge in [0, 0.05) is 5.56 Å². The number of rotatable bonds is 12. The summed E-state index contributed by atoms with van der Waals surface area (Å²) in [7, 11) is 0. The second-order valence-corrected chi connectivity index (χ2v) is 5.54. The third kappa shape index (κ3) is 8.55. The van der Waals surface area contributed by atoms with E-state index in [2.05, 4.69) is 6.92 Å². The molecule has 0 atom stereocenters. The molecule has 0 saturated carbocycles. The summed E-state index contributed by atoms with van der Waals surface area (Å²) in [6.07, 6.45) is 9.45. The molecule has 0 saturated heterocycles. The first-order valence-corrected chi connectivity index (χ1v) is 8.37. The zero-order valence-electron chi connectivity index (χ0n) is 13.7. The van der Waals surface area contributed by atoms with Crippen LogP contribution in [-0.2, 0) is 11.3 Å². The highest BCUT2D eigenvalue weighted by molar-refractivity contribution is 5.64. The number of carbonyl (C=O) groups is 1. The van der Waals surface area contributed by atoms with Crippen molar-refractivity contribution in [2.24, 2.45) is 5.73 Å². The fraction of sp³-hybridized carbons (Fsp3) is 0.611. The highest BCUT2D eigenvalue weighted by atomic mass is 16.5. The van der Waals surface area contributed by atoms with E-state index >= 15 is 0 Å². The van der Waals surface area contributed by atoms with Crippen molar-refractivity contribution in [1.29, 1.82) is 0 Å². The van der Waals surface area contributed by atoms with E-state index in [0.29, 0.717) is 6.61 Å². The number of carbonyl (C=O) groups excluding carboxylic acids is 1. The zero-order chi connectivity index (χ0) is 16.0. The second-order valence-electron chi connectivity index (χ2n) is 5.54. The van der Waals surface area contributed by atoms with Gasteiger partial charge in [-0.15, -0.1) is 0 Å². The van der Waals surface area contributed by atoms with E-state index < -0.39 is 6.09 Å². The van der Waals surface area contributed by atoms with Crippen molar-refractivity contribution in [1.82, 2.24) is 0 Å². The largest absolute Gasteiger partial charge is 0.493 e. The Labute approximate surface area is 134 Å². The van der Waals surface area contributed by atoms with Crippen molar-refractivity contribution in [2.45, 2.75) is 64.9 Å². The molecule has 4 nitrogen and oxygen atoms in total. The minimum absolute atomic E-state index is 0.156. The van der Waals surface area contributed by atoms with Gasteiger partial charge in [0.25, 0.3) is 0 Å². The molecule has 0 spiro atoms. The lowest BCUT2D eigenvalue weighted by atomic mass is 10.1. The van der Waals surface area contributed by atoms with Gasteiger partial charge in [0.15, 0.2) is 0 Å². The fourth-order valence-corrected chi connectivity index (χ4v) is 2.33. The highest BCUT2D eigenvalue weighted by Gasteiger charge is 2.04. The van der Waals surface area contributed by atoms with Crippen LogP contribution in [0.5, 0.6) is 5.75 Å². The van der Waals surface area contributed by atoms with Gasteiger partial charge in [-0.3, -0.25) is 0 Å². The Kier molecular flexibility index (Phi) is 9.92. The maximum Gasteiger partial charge on any atom is 0.404 e. The Hall–Kier alpha value is -1.71. The Bertz CT molecular complexity index is 421. The molecular formula is C18H29NO3. The van der Waals surface area contributed by atoms with Crippen LogP contribution in [0.15, 0.2) is 24.3 Å². The molecule has 22 heavy (non-hydrogen) atoms. The number of benzene rings is 1. The highest BCUT2D eigenvalue weighted by Crippen LogP contribution is 2.19. The summed E-state index contributed by atoms with van der Waals surface area (Å²) in [5.41, 5.74) is 5.83. The maximum absolute atomic E-state index is 10.7. The van der Waals surface area contributed by atoms with Crippen LogP contribution in [-0.4, -0.2) is 12.7 Å². The van der Waals surface area contributed by atoms with Crippen LogP contribution in [0, 0.1) is 0 Å². The van der Waals surface area contributed by atoms with E-state index in [9.17, 15) is 4.79 Å². The molecule has 1 rings (SSSR count). The Morgan fingerprint density at radius 2 is 1.64 bits per heavy atom. The lowest BCUT2D eigenvalue weighted by Crippen LogP contribution is -2.13. The molecule has 1 amide bonds. The molecule has 0 aliphatic rings. The van der Waals surface area contributed by atoms with Crippen molar-refractivity contribution in [3.05, 3.63) is 29.8 Å². The van der Waals surface area contributed by atoms with Gasteiger partial charge in [-0.1, -0.05) is 70.1 Å². The predicted molar refractivity (Wildman–Crippen MR) is 88.9 cm³/mol. The number of para-hydroxylation sites is 1. The predicted octanol–water partition coefficient (Wildman–Crippen LogP) is 4.80. The lowest BCUT2D eigenvalue weighted by molar-refractivity contribution is 0.148. The first-order chi connectivity index (χ1) is 10.7. The first kappa shape index (κ1) is 18.3. The summed E-state index contributed by atoms with van der Waals surface area (Å²) in [5.74, 6) is 0.770. The number of ether oxygens (including phenoxy) is 2. The summed E-state index contributed by atoms with van der Waals surface area (Å²) < 4.78 is 10.6. The third-order valence-electron chi connectivity index (χ3n) is 3.60. The van der Waals surface area contributed by atoms with Crippen LogP contribution in [0.4, 0.5) is 4.79 Å². The molecule has 0 aromatic heterocycles. The topological polar surface area (TPSA) is 61.6 Å². The van der Waals surface area contributed by atoms with Gasteiger partial charge < -0.3 is 15.2 Å². The normalized spacial score (nSPS) is 10.4. The molecule has 2 N–H and O–H groups in total. The molecule has 1 aromatic carbocycles. The Morgan fingerprint density at radius 3 is 2.32 bits per heavy atom. The number of primary amides is 1. The standard InChI is InChI=1S/C18H29NO3/c1-2-3-4-5-6-7-8-11-14-21-17-13-10-9-12-16(17)15-22-18(19)20/h9-10,12-13H,2-8,11,14-15H2,1H3,(H2,19,20). The van der Waals surface area contributed by atoms with Gasteiger partial charge in [-0.05, 0) is 12.5 Å². The number of unbranched alkanes of at least 4 members (excludes halogenated alkanes) is 7. The summed E-state index contributed by atoms with van der Waals surface area (Å²) in [4.78, 5) is 10.7. The third-order valence-corrected chi connectivity index (χ3v) is 3.60. The monoisotopic (exact) mass is 307 g/mol. The molecule has 0 bridgehead atoms. The van der Waals surface area contributed by atoms with E-state index in [1.165, 1.54) is 44.9 Å². The van der Waals surface area contributed by atoms with Crippen LogP contribution in [0.25, 0.3) is 0 Å². The smallest absolute Gasteiger partial charge is 0.404 e. The molecule has 0 heterocycles. The molecule has 0 unspecified atom stereocenters. The van der Waals surface area contributed by atoms with E-state index in [1.54, 1.807) is 0 Å². The van der Waals surface area contributed by atoms with E-state index in [0.717, 1.165) is 17.7 Å². The molecule has 124 valence electrons. The van der Waals surface area contributed by atoms with Crippen LogP contribution in [0.3, 0.4) is 0 Å². The number of hydrogen-bond donors (Lipinski definition) is 1. The molecule has 4 heteroatoms. The summed E-state index contributed by atoms with van der Waals surface area (Å²) in [6.45, 7) is 3.09. The van der Waals surface area contributed by atoms with Crippen LogP contribution in [0.2, 0.25) is 0 Å². The second kappa shape index (κ2) is 11.9. The summed E-state index contributed by atoms with van der Waals surface area (Å²) >= 11 is 0.